The van der Waals surface area contributed by atoms with Gasteiger partial charge in [0.1, 0.15) is 0 Å². The van der Waals surface area contributed by atoms with E-state index < -0.39 is 5.91 Å². The summed E-state index contributed by atoms with van der Waals surface area (Å²) in [7, 11) is 0. The molecule has 0 radical (unpaired) electrons. The maximum absolute atomic E-state index is 12.9. The Labute approximate surface area is 204 Å². The number of carbonyl (C=O) groups excluding carboxylic acids is 3. The van der Waals surface area contributed by atoms with E-state index in [1.54, 1.807) is 4.90 Å². The number of primary amides is 1. The predicted octanol–water partition coefficient (Wildman–Crippen LogP) is 3.44. The zero-order chi connectivity index (χ0) is 24.5. The van der Waals surface area contributed by atoms with Gasteiger partial charge in [-0.25, -0.2) is 0 Å². The van der Waals surface area contributed by atoms with Gasteiger partial charge in [0.15, 0.2) is 0 Å². The molecular weight excluding hydrogens is 440 g/mol. The molecule has 4 N–H and O–H groups in total. The van der Waals surface area contributed by atoms with E-state index in [1.807, 2.05) is 48.5 Å². The second-order valence-electron chi connectivity index (χ2n) is 9.25. The lowest BCUT2D eigenvalue weighted by Crippen LogP contribution is -2.34. The molecule has 1 fully saturated rings. The molecule has 0 saturated carbocycles. The molecule has 0 spiro atoms. The number of hydrogen-bond acceptors (Lipinski definition) is 4. The normalized spacial score (nSPS) is 15.8. The lowest BCUT2D eigenvalue weighted by atomic mass is 9.95. The first-order valence-electron chi connectivity index (χ1n) is 11.9. The van der Waals surface area contributed by atoms with Gasteiger partial charge >= 0.3 is 0 Å². The van der Waals surface area contributed by atoms with Crippen LogP contribution in [-0.2, 0) is 16.1 Å². The Bertz CT molecular complexity index is 1360. The van der Waals surface area contributed by atoms with Gasteiger partial charge in [-0.3, -0.25) is 14.4 Å². The number of nitrogens with two attached hydrogens (primary N) is 1. The first-order chi connectivity index (χ1) is 16.9. The quantitative estimate of drug-likeness (QED) is 0.482. The number of amides is 3. The van der Waals surface area contributed by atoms with E-state index in [9.17, 15) is 14.4 Å². The van der Waals surface area contributed by atoms with Crippen LogP contribution in [0.1, 0.15) is 28.8 Å². The Morgan fingerprint density at radius 2 is 1.80 bits per heavy atom. The Hall–Kier alpha value is -3.97. The highest BCUT2D eigenvalue weighted by Gasteiger charge is 2.29. The Balaban J connectivity index is 1.42. The molecule has 2 aliphatic rings. The van der Waals surface area contributed by atoms with Crippen LogP contribution in [0.3, 0.4) is 0 Å². The number of fused-ring (bicyclic) bond motifs is 3. The van der Waals surface area contributed by atoms with E-state index in [2.05, 4.69) is 23.3 Å². The molecular formula is C28H28N4O3. The molecule has 7 nitrogen and oxygen atoms in total. The van der Waals surface area contributed by atoms with Gasteiger partial charge in [-0.1, -0.05) is 36.9 Å². The summed E-state index contributed by atoms with van der Waals surface area (Å²) >= 11 is 0. The fraction of sp³-hybridized carbons (Fsp3) is 0.250. The standard InChI is InChI=1S/C28H28N4O3/c1-17(26(29)33)15-32-16-25-23(28(32)35)8-7-18-5-6-21(14-24(18)25)20-3-2-4-22(13-20)31-27(34)19-9-11-30-12-10-19/h2-8,13-14,19,30H,1,9-12,15-16H2,(H2,29,33)(H,31,34). The van der Waals surface area contributed by atoms with Crippen molar-refractivity contribution in [1.29, 1.82) is 0 Å². The number of carbonyl (C=O) groups is 3. The van der Waals surface area contributed by atoms with Crippen LogP contribution in [0.4, 0.5) is 5.69 Å². The monoisotopic (exact) mass is 468 g/mol. The molecule has 178 valence electrons. The third-order valence-corrected chi connectivity index (χ3v) is 6.90. The average Bonchev–Trinajstić information content (AvgIpc) is 3.19. The summed E-state index contributed by atoms with van der Waals surface area (Å²) in [5.41, 5.74) is 9.85. The molecule has 0 unspecified atom stereocenters. The van der Waals surface area contributed by atoms with Crippen LogP contribution in [0.2, 0.25) is 0 Å². The molecule has 2 heterocycles. The zero-order valence-corrected chi connectivity index (χ0v) is 19.5. The van der Waals surface area contributed by atoms with Crippen LogP contribution in [0, 0.1) is 5.92 Å². The number of piperidine rings is 1. The summed E-state index contributed by atoms with van der Waals surface area (Å²) in [5, 5.41) is 8.39. The summed E-state index contributed by atoms with van der Waals surface area (Å²) < 4.78 is 0. The zero-order valence-electron chi connectivity index (χ0n) is 19.5. The number of benzene rings is 3. The van der Waals surface area contributed by atoms with E-state index in [-0.39, 0.29) is 29.9 Å². The third-order valence-electron chi connectivity index (χ3n) is 6.90. The molecule has 35 heavy (non-hydrogen) atoms. The molecule has 0 bridgehead atoms. The van der Waals surface area contributed by atoms with Crippen molar-refractivity contribution in [1.82, 2.24) is 10.2 Å². The number of nitrogens with one attached hydrogen (secondary N) is 2. The van der Waals surface area contributed by atoms with Gasteiger partial charge in [0.25, 0.3) is 5.91 Å². The summed E-state index contributed by atoms with van der Waals surface area (Å²) in [4.78, 5) is 38.6. The fourth-order valence-electron chi connectivity index (χ4n) is 4.91. The minimum absolute atomic E-state index is 0.0364. The van der Waals surface area contributed by atoms with Gasteiger partial charge in [0.05, 0.1) is 6.54 Å². The molecule has 1 saturated heterocycles. The van der Waals surface area contributed by atoms with E-state index in [1.165, 1.54) is 0 Å². The summed E-state index contributed by atoms with van der Waals surface area (Å²) in [6.07, 6.45) is 1.70. The summed E-state index contributed by atoms with van der Waals surface area (Å²) in [5.74, 6) is -0.629. The molecule has 3 aromatic rings. The Morgan fingerprint density at radius 1 is 1.06 bits per heavy atom. The first kappa shape index (κ1) is 22.8. The highest BCUT2D eigenvalue weighted by molar-refractivity contribution is 6.06. The van der Waals surface area contributed by atoms with Gasteiger partial charge in [-0.05, 0) is 77.7 Å². The SMILES string of the molecule is C=C(CN1Cc2c(ccc3ccc(-c4cccc(NC(=O)C5CCNCC5)c4)cc23)C1=O)C(N)=O. The van der Waals surface area contributed by atoms with Gasteiger partial charge in [0, 0.05) is 29.3 Å². The maximum atomic E-state index is 12.9. The van der Waals surface area contributed by atoms with Crippen molar-refractivity contribution in [2.45, 2.75) is 19.4 Å². The molecule has 7 heteroatoms. The molecule has 0 aliphatic carbocycles. The van der Waals surface area contributed by atoms with Crippen molar-refractivity contribution >= 4 is 34.2 Å². The first-order valence-corrected chi connectivity index (χ1v) is 11.9. The Morgan fingerprint density at radius 3 is 2.57 bits per heavy atom. The third kappa shape index (κ3) is 4.55. The number of rotatable bonds is 6. The van der Waals surface area contributed by atoms with Crippen LogP contribution in [0.25, 0.3) is 21.9 Å². The minimum atomic E-state index is -0.604. The van der Waals surface area contributed by atoms with E-state index in [4.69, 9.17) is 5.73 Å². The van der Waals surface area contributed by atoms with E-state index in [0.717, 1.165) is 59.1 Å². The van der Waals surface area contributed by atoms with Crippen molar-refractivity contribution in [3.05, 3.63) is 77.9 Å². The van der Waals surface area contributed by atoms with Crippen LogP contribution in [0.5, 0.6) is 0 Å². The van der Waals surface area contributed by atoms with Crippen LogP contribution in [0.15, 0.2) is 66.7 Å². The van der Waals surface area contributed by atoms with E-state index >= 15 is 0 Å². The molecule has 3 amide bonds. The van der Waals surface area contributed by atoms with Gasteiger partial charge < -0.3 is 21.3 Å². The van der Waals surface area contributed by atoms with Gasteiger partial charge in [0.2, 0.25) is 11.8 Å². The van der Waals surface area contributed by atoms with Crippen molar-refractivity contribution in [2.24, 2.45) is 11.7 Å². The van der Waals surface area contributed by atoms with Crippen molar-refractivity contribution in [3.8, 4) is 11.1 Å². The second kappa shape index (κ2) is 9.35. The van der Waals surface area contributed by atoms with Gasteiger partial charge in [-0.15, -0.1) is 0 Å². The summed E-state index contributed by atoms with van der Waals surface area (Å²) in [6.45, 7) is 5.94. The topological polar surface area (TPSA) is 105 Å². The second-order valence-corrected chi connectivity index (χ2v) is 9.25. The molecule has 0 aromatic heterocycles. The van der Waals surface area contributed by atoms with Crippen LogP contribution in [-0.4, -0.2) is 42.3 Å². The molecule has 5 rings (SSSR count). The molecule has 3 aromatic carbocycles. The van der Waals surface area contributed by atoms with Crippen molar-refractivity contribution < 1.29 is 14.4 Å². The smallest absolute Gasteiger partial charge is 0.254 e. The minimum Gasteiger partial charge on any atom is -0.366 e. The predicted molar refractivity (Wildman–Crippen MR) is 137 cm³/mol. The number of nitrogens with zero attached hydrogens (tertiary/aromatic N) is 1. The lowest BCUT2D eigenvalue weighted by Gasteiger charge is -2.21. The molecule has 0 atom stereocenters. The van der Waals surface area contributed by atoms with Crippen molar-refractivity contribution in [3.63, 3.8) is 0 Å². The fourth-order valence-corrected chi connectivity index (χ4v) is 4.91. The van der Waals surface area contributed by atoms with Crippen LogP contribution >= 0.6 is 0 Å². The summed E-state index contributed by atoms with van der Waals surface area (Å²) in [6, 6.07) is 17.8. The van der Waals surface area contributed by atoms with Crippen molar-refractivity contribution in [2.75, 3.05) is 25.0 Å². The highest BCUT2D eigenvalue weighted by atomic mass is 16.2. The molecule has 2 aliphatic heterocycles. The largest absolute Gasteiger partial charge is 0.366 e. The maximum Gasteiger partial charge on any atom is 0.254 e. The van der Waals surface area contributed by atoms with Gasteiger partial charge in [-0.2, -0.15) is 0 Å². The highest BCUT2D eigenvalue weighted by Crippen LogP contribution is 2.34. The average molecular weight is 469 g/mol. The number of anilines is 1. The lowest BCUT2D eigenvalue weighted by molar-refractivity contribution is -0.120. The van der Waals surface area contributed by atoms with E-state index in [0.29, 0.717) is 12.1 Å². The Kier molecular flexibility index (Phi) is 6.09. The van der Waals surface area contributed by atoms with Crippen LogP contribution < -0.4 is 16.4 Å². The number of hydrogen-bond donors (Lipinski definition) is 3.